The molecule has 6 unspecified atom stereocenters. The van der Waals surface area contributed by atoms with Gasteiger partial charge in [-0.05, 0) is 56.8 Å². The molecule has 6 heteroatoms. The van der Waals surface area contributed by atoms with E-state index in [1.54, 1.807) is 0 Å². The predicted molar refractivity (Wildman–Crippen MR) is 96.7 cm³/mol. The van der Waals surface area contributed by atoms with Crippen LogP contribution in [0.1, 0.15) is 51.4 Å². The average Bonchev–Trinajstić information content (AvgIpc) is 3.44. The van der Waals surface area contributed by atoms with Crippen LogP contribution in [0.25, 0.3) is 0 Å². The molecule has 4 saturated heterocycles. The Hall–Kier alpha value is -0.240. The summed E-state index contributed by atoms with van der Waals surface area (Å²) in [6.45, 7) is 3.50. The molecule has 4 aliphatic heterocycles. The number of rotatable bonds is 10. The van der Waals surface area contributed by atoms with E-state index in [2.05, 4.69) is 0 Å². The van der Waals surface area contributed by atoms with E-state index in [-0.39, 0.29) is 11.1 Å². The molecule has 1 saturated carbocycles. The first-order valence-corrected chi connectivity index (χ1v) is 10.6. The molecule has 0 spiro atoms. The third-order valence-corrected chi connectivity index (χ3v) is 7.34. The van der Waals surface area contributed by atoms with E-state index in [4.69, 9.17) is 30.4 Å². The predicted octanol–water partition coefficient (Wildman–Crippen LogP) is 1.34. The largest absolute Gasteiger partial charge is 0.373 e. The summed E-state index contributed by atoms with van der Waals surface area (Å²) in [5.41, 5.74) is 13.7. The van der Waals surface area contributed by atoms with Crippen LogP contribution in [-0.2, 0) is 18.9 Å². The highest BCUT2D eigenvalue weighted by atomic mass is 16.6. The topological polar surface area (TPSA) is 102 Å². The fraction of sp³-hybridized carbons (Fsp3) is 1.00. The minimum Gasteiger partial charge on any atom is -0.373 e. The first-order valence-electron chi connectivity index (χ1n) is 10.6. The van der Waals surface area contributed by atoms with Gasteiger partial charge in [0, 0.05) is 11.1 Å². The van der Waals surface area contributed by atoms with Gasteiger partial charge in [0.15, 0.2) is 0 Å². The smallest absolute Gasteiger partial charge is 0.0827 e. The Labute approximate surface area is 156 Å². The molecule has 4 N–H and O–H groups in total. The van der Waals surface area contributed by atoms with Crippen molar-refractivity contribution in [1.29, 1.82) is 0 Å². The maximum atomic E-state index is 7.04. The second kappa shape index (κ2) is 6.68. The van der Waals surface area contributed by atoms with Crippen molar-refractivity contribution in [2.24, 2.45) is 23.3 Å². The monoisotopic (exact) mass is 366 g/mol. The van der Waals surface area contributed by atoms with Crippen LogP contribution in [0.15, 0.2) is 0 Å². The van der Waals surface area contributed by atoms with Crippen molar-refractivity contribution in [1.82, 2.24) is 0 Å². The van der Waals surface area contributed by atoms with Crippen molar-refractivity contribution in [3.8, 4) is 0 Å². The van der Waals surface area contributed by atoms with E-state index >= 15 is 0 Å². The SMILES string of the molecule is NC(CC1CO1)(CC1CO1)C1CCCC(C(N)(CC2CO2)CC2CO2)C1. The number of epoxide rings is 4. The Morgan fingerprint density at radius 1 is 0.615 bits per heavy atom. The molecule has 26 heavy (non-hydrogen) atoms. The summed E-state index contributed by atoms with van der Waals surface area (Å²) in [6.07, 6.45) is 10.1. The van der Waals surface area contributed by atoms with Crippen LogP contribution in [0.2, 0.25) is 0 Å². The maximum absolute atomic E-state index is 7.04. The van der Waals surface area contributed by atoms with Crippen molar-refractivity contribution in [2.75, 3.05) is 26.4 Å². The van der Waals surface area contributed by atoms with Gasteiger partial charge >= 0.3 is 0 Å². The maximum Gasteiger partial charge on any atom is 0.0827 e. The second-order valence-electron chi connectivity index (χ2n) is 9.66. The summed E-state index contributed by atoms with van der Waals surface area (Å²) in [6, 6.07) is 0. The molecule has 0 aromatic heterocycles. The van der Waals surface area contributed by atoms with Gasteiger partial charge in [-0.2, -0.15) is 0 Å². The Morgan fingerprint density at radius 3 is 1.19 bits per heavy atom. The van der Waals surface area contributed by atoms with Gasteiger partial charge in [-0.25, -0.2) is 0 Å². The van der Waals surface area contributed by atoms with E-state index in [0.29, 0.717) is 36.3 Å². The van der Waals surface area contributed by atoms with Gasteiger partial charge in [0.25, 0.3) is 0 Å². The van der Waals surface area contributed by atoms with Gasteiger partial charge in [0.2, 0.25) is 0 Å². The summed E-state index contributed by atoms with van der Waals surface area (Å²) in [5, 5.41) is 0. The molecule has 0 radical (unpaired) electrons. The lowest BCUT2D eigenvalue weighted by atomic mass is 9.62. The average molecular weight is 367 g/mol. The van der Waals surface area contributed by atoms with Gasteiger partial charge < -0.3 is 30.4 Å². The van der Waals surface area contributed by atoms with Crippen LogP contribution in [0.4, 0.5) is 0 Å². The Kier molecular flexibility index (Phi) is 4.58. The lowest BCUT2D eigenvalue weighted by Gasteiger charge is -2.47. The number of nitrogens with two attached hydrogens (primary N) is 2. The van der Waals surface area contributed by atoms with Gasteiger partial charge in [0.1, 0.15) is 0 Å². The van der Waals surface area contributed by atoms with E-state index in [9.17, 15) is 0 Å². The molecule has 148 valence electrons. The summed E-state index contributed by atoms with van der Waals surface area (Å²) in [7, 11) is 0. The van der Waals surface area contributed by atoms with Crippen LogP contribution in [0.3, 0.4) is 0 Å². The van der Waals surface area contributed by atoms with Crippen LogP contribution >= 0.6 is 0 Å². The minimum atomic E-state index is -0.173. The van der Waals surface area contributed by atoms with Crippen molar-refractivity contribution in [2.45, 2.75) is 86.9 Å². The standard InChI is InChI=1S/C20H34N2O4/c21-19(5-15-9-23-15,6-16-10-24-16)13-2-1-3-14(4-13)20(22,7-17-11-25-17)8-18-12-26-18/h13-18H,1-12,21-22H2. The quantitative estimate of drug-likeness (QED) is 0.566. The van der Waals surface area contributed by atoms with E-state index in [1.165, 1.54) is 19.3 Å². The van der Waals surface area contributed by atoms with E-state index in [1.807, 2.05) is 0 Å². The lowest BCUT2D eigenvalue weighted by Crippen LogP contribution is -2.56. The number of hydrogen-bond donors (Lipinski definition) is 2. The van der Waals surface area contributed by atoms with Gasteiger partial charge in [-0.15, -0.1) is 0 Å². The third-order valence-electron chi connectivity index (χ3n) is 7.34. The second-order valence-corrected chi connectivity index (χ2v) is 9.66. The molecule has 1 aliphatic carbocycles. The molecule has 0 aromatic rings. The summed E-state index contributed by atoms with van der Waals surface area (Å²) in [4.78, 5) is 0. The first kappa shape index (κ1) is 17.8. The zero-order valence-electron chi connectivity index (χ0n) is 15.7. The van der Waals surface area contributed by atoms with Crippen LogP contribution in [0, 0.1) is 11.8 Å². The molecule has 0 aromatic carbocycles. The minimum absolute atomic E-state index is 0.173. The van der Waals surface area contributed by atoms with Crippen LogP contribution in [-0.4, -0.2) is 61.9 Å². The summed E-state index contributed by atoms with van der Waals surface area (Å²) < 4.78 is 22.1. The highest BCUT2D eigenvalue weighted by Crippen LogP contribution is 2.47. The molecule has 6 atom stereocenters. The van der Waals surface area contributed by atoms with Crippen molar-refractivity contribution in [3.05, 3.63) is 0 Å². The van der Waals surface area contributed by atoms with Crippen molar-refractivity contribution < 1.29 is 18.9 Å². The number of ether oxygens (including phenoxy) is 4. The van der Waals surface area contributed by atoms with Crippen LogP contribution in [0.5, 0.6) is 0 Å². The first-order chi connectivity index (χ1) is 12.5. The van der Waals surface area contributed by atoms with Gasteiger partial charge in [0.05, 0.1) is 50.8 Å². The molecule has 6 nitrogen and oxygen atoms in total. The molecular formula is C20H34N2O4. The molecule has 0 bridgehead atoms. The fourth-order valence-electron chi connectivity index (χ4n) is 5.51. The summed E-state index contributed by atoms with van der Waals surface area (Å²) in [5.74, 6) is 1.02. The number of hydrogen-bond acceptors (Lipinski definition) is 6. The van der Waals surface area contributed by atoms with Crippen LogP contribution < -0.4 is 11.5 Å². The highest BCUT2D eigenvalue weighted by molar-refractivity contribution is 5.05. The molecule has 4 heterocycles. The van der Waals surface area contributed by atoms with Gasteiger partial charge in [-0.3, -0.25) is 0 Å². The molecular weight excluding hydrogens is 332 g/mol. The lowest BCUT2D eigenvalue weighted by molar-refractivity contribution is 0.0782. The molecule has 0 amide bonds. The van der Waals surface area contributed by atoms with E-state index < -0.39 is 0 Å². The Bertz CT molecular complexity index is 442. The third kappa shape index (κ3) is 4.26. The Balaban J connectivity index is 1.29. The normalized spacial score (nSPS) is 45.5. The Morgan fingerprint density at radius 2 is 0.923 bits per heavy atom. The van der Waals surface area contributed by atoms with E-state index in [0.717, 1.165) is 58.5 Å². The highest BCUT2D eigenvalue weighted by Gasteiger charge is 2.50. The fourth-order valence-corrected chi connectivity index (χ4v) is 5.51. The molecule has 5 aliphatic rings. The van der Waals surface area contributed by atoms with Gasteiger partial charge in [-0.1, -0.05) is 6.42 Å². The molecule has 5 fully saturated rings. The molecule has 5 rings (SSSR count). The van der Waals surface area contributed by atoms with Crippen molar-refractivity contribution >= 4 is 0 Å². The summed E-state index contributed by atoms with van der Waals surface area (Å²) >= 11 is 0. The van der Waals surface area contributed by atoms with Crippen molar-refractivity contribution in [3.63, 3.8) is 0 Å². The zero-order valence-corrected chi connectivity index (χ0v) is 15.7. The zero-order chi connectivity index (χ0) is 17.8.